The van der Waals surface area contributed by atoms with E-state index >= 15 is 0 Å². The van der Waals surface area contributed by atoms with E-state index < -0.39 is 0 Å². The van der Waals surface area contributed by atoms with E-state index in [9.17, 15) is 4.79 Å². The van der Waals surface area contributed by atoms with Crippen molar-refractivity contribution in [2.75, 3.05) is 12.9 Å². The van der Waals surface area contributed by atoms with Crippen LogP contribution in [0.2, 0.25) is 0 Å². The topological polar surface area (TPSA) is 69.4 Å². The first-order chi connectivity index (χ1) is 13.5. The Morgan fingerprint density at radius 2 is 2.07 bits per heavy atom. The van der Waals surface area contributed by atoms with E-state index in [-0.39, 0.29) is 17.6 Å². The molecule has 6 nitrogen and oxygen atoms in total. The molecule has 2 atom stereocenters. The van der Waals surface area contributed by atoms with Crippen LogP contribution in [0.3, 0.4) is 0 Å². The molecule has 3 aromatic rings. The minimum absolute atomic E-state index is 0.0187. The number of hydrogen-bond donors (Lipinski definition) is 0. The van der Waals surface area contributed by atoms with Gasteiger partial charge in [-0.1, -0.05) is 0 Å². The molecule has 1 saturated heterocycles. The van der Waals surface area contributed by atoms with Crippen molar-refractivity contribution in [1.29, 1.82) is 0 Å². The van der Waals surface area contributed by atoms with Gasteiger partial charge in [-0.2, -0.15) is 0 Å². The third-order valence-electron chi connectivity index (χ3n) is 5.46. The maximum atomic E-state index is 12.8. The maximum absolute atomic E-state index is 12.8. The molecule has 1 aliphatic rings. The zero-order valence-electron chi connectivity index (χ0n) is 16.6. The highest BCUT2D eigenvalue weighted by Crippen LogP contribution is 2.37. The number of thioether (sulfide) groups is 1. The molecular formula is C21H24N4O2S. The molecule has 4 rings (SSSR count). The summed E-state index contributed by atoms with van der Waals surface area (Å²) in [5, 5.41) is 0.792. The van der Waals surface area contributed by atoms with Gasteiger partial charge in [-0.15, -0.1) is 11.8 Å². The monoisotopic (exact) mass is 396 g/mol. The predicted molar refractivity (Wildman–Crippen MR) is 110 cm³/mol. The van der Waals surface area contributed by atoms with E-state index in [1.165, 1.54) is 11.8 Å². The summed E-state index contributed by atoms with van der Waals surface area (Å²) in [6, 6.07) is 4.09. The molecular weight excluding hydrogens is 372 g/mol. The van der Waals surface area contributed by atoms with Crippen LogP contribution in [0.25, 0.3) is 5.65 Å². The predicted octanol–water partition coefficient (Wildman–Crippen LogP) is 3.77. The maximum Gasteiger partial charge on any atom is 0.261 e. The summed E-state index contributed by atoms with van der Waals surface area (Å²) in [5.74, 6) is 0.232. The Bertz CT molecular complexity index is 1100. The van der Waals surface area contributed by atoms with Crippen LogP contribution < -0.4 is 5.56 Å². The standard InChI is InChI=1S/C21H24N4O2S/c1-12-9-16(5-7-22-12)18-10-15(6-8-27-18)17-11-25-19(20(24-17)28-4)23-14(3)13(2)21(25)26/h5,7,9,11,15,18H,6,8,10H2,1-4H3. The van der Waals surface area contributed by atoms with Crippen molar-refractivity contribution in [2.45, 2.75) is 50.7 Å². The van der Waals surface area contributed by atoms with Crippen LogP contribution in [0.5, 0.6) is 0 Å². The molecule has 0 spiro atoms. The second-order valence-corrected chi connectivity index (χ2v) is 8.10. The van der Waals surface area contributed by atoms with Crippen LogP contribution in [-0.2, 0) is 4.74 Å². The number of rotatable bonds is 3. The quantitative estimate of drug-likeness (QED) is 0.628. The molecule has 4 heterocycles. The number of aryl methyl sites for hydroxylation is 2. The van der Waals surface area contributed by atoms with E-state index in [0.717, 1.165) is 40.5 Å². The van der Waals surface area contributed by atoms with Gasteiger partial charge in [0.1, 0.15) is 5.03 Å². The lowest BCUT2D eigenvalue weighted by molar-refractivity contribution is 0.00442. The van der Waals surface area contributed by atoms with E-state index in [2.05, 4.69) is 16.0 Å². The third kappa shape index (κ3) is 3.44. The third-order valence-corrected chi connectivity index (χ3v) is 6.12. The molecule has 146 valence electrons. The van der Waals surface area contributed by atoms with Crippen molar-refractivity contribution >= 4 is 17.4 Å². The summed E-state index contributed by atoms with van der Waals surface area (Å²) in [7, 11) is 0. The zero-order valence-corrected chi connectivity index (χ0v) is 17.4. The highest BCUT2D eigenvalue weighted by molar-refractivity contribution is 7.98. The highest BCUT2D eigenvalue weighted by Gasteiger charge is 2.27. The number of nitrogens with zero attached hydrogens (tertiary/aromatic N) is 4. The number of aromatic nitrogens is 4. The molecule has 0 aliphatic carbocycles. The van der Waals surface area contributed by atoms with Crippen molar-refractivity contribution in [3.63, 3.8) is 0 Å². The van der Waals surface area contributed by atoms with Crippen LogP contribution >= 0.6 is 11.8 Å². The molecule has 0 amide bonds. The van der Waals surface area contributed by atoms with Crippen LogP contribution in [0.4, 0.5) is 0 Å². The van der Waals surface area contributed by atoms with Crippen molar-refractivity contribution < 1.29 is 4.74 Å². The van der Waals surface area contributed by atoms with Gasteiger partial charge < -0.3 is 4.74 Å². The lowest BCUT2D eigenvalue weighted by Gasteiger charge is -2.30. The van der Waals surface area contributed by atoms with Crippen molar-refractivity contribution in [2.24, 2.45) is 0 Å². The van der Waals surface area contributed by atoms with Gasteiger partial charge in [0.15, 0.2) is 5.65 Å². The van der Waals surface area contributed by atoms with Crippen LogP contribution in [-0.4, -0.2) is 32.2 Å². The van der Waals surface area contributed by atoms with Gasteiger partial charge in [0, 0.05) is 41.9 Å². The van der Waals surface area contributed by atoms with Crippen molar-refractivity contribution in [1.82, 2.24) is 19.4 Å². The fourth-order valence-electron chi connectivity index (χ4n) is 3.73. The Labute approximate surface area is 168 Å². The number of hydrogen-bond acceptors (Lipinski definition) is 6. The number of pyridine rings is 1. The summed E-state index contributed by atoms with van der Waals surface area (Å²) in [4.78, 5) is 26.6. The lowest BCUT2D eigenvalue weighted by atomic mass is 9.90. The average molecular weight is 397 g/mol. The van der Waals surface area contributed by atoms with Gasteiger partial charge in [-0.25, -0.2) is 9.97 Å². The fraction of sp³-hybridized carbons (Fsp3) is 0.429. The lowest BCUT2D eigenvalue weighted by Crippen LogP contribution is -2.24. The fourth-order valence-corrected chi connectivity index (χ4v) is 4.25. The van der Waals surface area contributed by atoms with Gasteiger partial charge >= 0.3 is 0 Å². The number of fused-ring (bicyclic) bond motifs is 1. The molecule has 0 radical (unpaired) electrons. The summed E-state index contributed by atoms with van der Waals surface area (Å²) in [5.41, 5.74) is 5.12. The van der Waals surface area contributed by atoms with Crippen LogP contribution in [0.1, 0.15) is 53.1 Å². The molecule has 2 unspecified atom stereocenters. The zero-order chi connectivity index (χ0) is 19.8. The Kier molecular flexibility index (Phi) is 5.21. The van der Waals surface area contributed by atoms with Gasteiger partial charge in [0.2, 0.25) is 0 Å². The minimum atomic E-state index is -0.0187. The Morgan fingerprint density at radius 1 is 1.25 bits per heavy atom. The van der Waals surface area contributed by atoms with Crippen LogP contribution in [0.15, 0.2) is 34.3 Å². The normalized spacial score (nSPS) is 19.9. The molecule has 28 heavy (non-hydrogen) atoms. The molecule has 0 bridgehead atoms. The van der Waals surface area contributed by atoms with Gasteiger partial charge in [0.05, 0.1) is 11.8 Å². The van der Waals surface area contributed by atoms with Crippen LogP contribution in [0, 0.1) is 20.8 Å². The second-order valence-electron chi connectivity index (χ2n) is 7.31. The molecule has 0 N–H and O–H groups in total. The van der Waals surface area contributed by atoms with E-state index in [4.69, 9.17) is 9.72 Å². The summed E-state index contributed by atoms with van der Waals surface area (Å²) in [6.45, 7) is 6.36. The highest BCUT2D eigenvalue weighted by atomic mass is 32.2. The molecule has 1 aliphatic heterocycles. The minimum Gasteiger partial charge on any atom is -0.373 e. The van der Waals surface area contributed by atoms with E-state index in [1.54, 1.807) is 4.40 Å². The van der Waals surface area contributed by atoms with Gasteiger partial charge in [0.25, 0.3) is 5.56 Å². The Hall–Kier alpha value is -2.25. The first kappa shape index (κ1) is 19.1. The first-order valence-electron chi connectivity index (χ1n) is 9.46. The summed E-state index contributed by atoms with van der Waals surface area (Å²) in [6.07, 6.45) is 7.42. The molecule has 0 saturated carbocycles. The summed E-state index contributed by atoms with van der Waals surface area (Å²) >= 11 is 1.53. The first-order valence-corrected chi connectivity index (χ1v) is 10.7. The SMILES string of the molecule is CSc1nc(C2CCOC(c3ccnc(C)c3)C2)cn2c(=O)c(C)c(C)nc12. The summed E-state index contributed by atoms with van der Waals surface area (Å²) < 4.78 is 7.70. The number of ether oxygens (including phenoxy) is 1. The molecule has 1 fully saturated rings. The Morgan fingerprint density at radius 3 is 2.82 bits per heavy atom. The molecule has 0 aromatic carbocycles. The second kappa shape index (κ2) is 7.64. The van der Waals surface area contributed by atoms with Crippen molar-refractivity contribution in [3.8, 4) is 0 Å². The van der Waals surface area contributed by atoms with E-state index in [1.807, 2.05) is 45.5 Å². The largest absolute Gasteiger partial charge is 0.373 e. The van der Waals surface area contributed by atoms with Gasteiger partial charge in [-0.05, 0) is 57.6 Å². The Balaban J connectivity index is 1.75. The molecule has 7 heteroatoms. The average Bonchev–Trinajstić information content (AvgIpc) is 2.72. The van der Waals surface area contributed by atoms with Gasteiger partial charge in [-0.3, -0.25) is 14.2 Å². The smallest absolute Gasteiger partial charge is 0.261 e. The van der Waals surface area contributed by atoms with E-state index in [0.29, 0.717) is 17.8 Å². The van der Waals surface area contributed by atoms with Crippen molar-refractivity contribution in [3.05, 3.63) is 63.1 Å². The molecule has 3 aromatic heterocycles.